The Bertz CT molecular complexity index is 646. The summed E-state index contributed by atoms with van der Waals surface area (Å²) in [6.07, 6.45) is 7.54. The molecule has 0 radical (unpaired) electrons. The van der Waals surface area contributed by atoms with Crippen LogP contribution in [0.4, 0.5) is 4.79 Å². The summed E-state index contributed by atoms with van der Waals surface area (Å²) in [6.45, 7) is 4.51. The monoisotopic (exact) mass is 361 g/mol. The third-order valence-corrected chi connectivity index (χ3v) is 4.81. The van der Waals surface area contributed by atoms with Gasteiger partial charge in [0.1, 0.15) is 11.8 Å². The quantitative estimate of drug-likeness (QED) is 0.788. The normalized spacial score (nSPS) is 22.2. The second-order valence-corrected chi connectivity index (χ2v) is 6.70. The molecule has 3 heterocycles. The van der Waals surface area contributed by atoms with E-state index in [4.69, 9.17) is 9.15 Å². The van der Waals surface area contributed by atoms with E-state index in [-0.39, 0.29) is 12.6 Å². The number of nitrogens with one attached hydrogen (secondary N) is 2. The molecule has 0 aliphatic carbocycles. The van der Waals surface area contributed by atoms with Gasteiger partial charge < -0.3 is 19.8 Å². The zero-order valence-electron chi connectivity index (χ0n) is 15.3. The Balaban J connectivity index is 1.90. The fraction of sp³-hybridized carbons (Fsp3) is 0.579. The van der Waals surface area contributed by atoms with E-state index in [9.17, 15) is 9.59 Å². The van der Waals surface area contributed by atoms with Gasteiger partial charge in [-0.15, -0.1) is 0 Å². The maximum absolute atomic E-state index is 12.7. The van der Waals surface area contributed by atoms with Gasteiger partial charge in [0, 0.05) is 12.2 Å². The van der Waals surface area contributed by atoms with Crippen molar-refractivity contribution in [2.75, 3.05) is 26.2 Å². The lowest BCUT2D eigenvalue weighted by Gasteiger charge is -2.31. The molecule has 2 aliphatic rings. The summed E-state index contributed by atoms with van der Waals surface area (Å²) < 4.78 is 10.7. The maximum Gasteiger partial charge on any atom is 0.338 e. The molecular formula is C19H27N3O4. The highest BCUT2D eigenvalue weighted by molar-refractivity contribution is 5.95. The van der Waals surface area contributed by atoms with Crippen molar-refractivity contribution in [3.05, 3.63) is 35.4 Å². The van der Waals surface area contributed by atoms with Gasteiger partial charge >= 0.3 is 12.0 Å². The Kier molecular flexibility index (Phi) is 6.33. The summed E-state index contributed by atoms with van der Waals surface area (Å²) in [5.74, 6) is 0.0940. The van der Waals surface area contributed by atoms with Crippen molar-refractivity contribution >= 4 is 12.0 Å². The Labute approximate surface area is 153 Å². The SMILES string of the molecule is CCOC(=O)C1=C(CN2CCCCCCC2)NC(=O)N[C@@H]1c1ccco1. The summed E-state index contributed by atoms with van der Waals surface area (Å²) in [7, 11) is 0. The van der Waals surface area contributed by atoms with E-state index in [1.54, 1.807) is 19.1 Å². The Hall–Kier alpha value is -2.28. The van der Waals surface area contributed by atoms with E-state index in [0.717, 1.165) is 25.9 Å². The molecule has 7 heteroatoms. The van der Waals surface area contributed by atoms with Crippen LogP contribution in [0.25, 0.3) is 0 Å². The lowest BCUT2D eigenvalue weighted by molar-refractivity contribution is -0.139. The van der Waals surface area contributed by atoms with Crippen LogP contribution in [-0.2, 0) is 9.53 Å². The van der Waals surface area contributed by atoms with Gasteiger partial charge in [-0.1, -0.05) is 19.3 Å². The number of urea groups is 1. The van der Waals surface area contributed by atoms with E-state index >= 15 is 0 Å². The van der Waals surface area contributed by atoms with Gasteiger partial charge in [-0.05, 0) is 45.0 Å². The predicted molar refractivity (Wildman–Crippen MR) is 96.3 cm³/mol. The average molecular weight is 361 g/mol. The predicted octanol–water partition coefficient (Wildman–Crippen LogP) is 2.72. The van der Waals surface area contributed by atoms with Crippen molar-refractivity contribution in [3.8, 4) is 0 Å². The number of amides is 2. The molecule has 142 valence electrons. The Morgan fingerprint density at radius 1 is 1.27 bits per heavy atom. The zero-order valence-corrected chi connectivity index (χ0v) is 15.3. The lowest BCUT2D eigenvalue weighted by Crippen LogP contribution is -2.48. The summed E-state index contributed by atoms with van der Waals surface area (Å²) in [5, 5.41) is 5.60. The first-order valence-corrected chi connectivity index (χ1v) is 9.42. The molecule has 7 nitrogen and oxygen atoms in total. The van der Waals surface area contributed by atoms with E-state index in [2.05, 4.69) is 15.5 Å². The van der Waals surface area contributed by atoms with Crippen molar-refractivity contribution in [1.82, 2.24) is 15.5 Å². The van der Waals surface area contributed by atoms with Crippen LogP contribution in [0.2, 0.25) is 0 Å². The van der Waals surface area contributed by atoms with Crippen molar-refractivity contribution in [2.24, 2.45) is 0 Å². The van der Waals surface area contributed by atoms with Crippen molar-refractivity contribution < 1.29 is 18.7 Å². The van der Waals surface area contributed by atoms with Crippen LogP contribution in [0.1, 0.15) is 50.8 Å². The lowest BCUT2D eigenvalue weighted by atomic mass is 9.99. The number of likely N-dealkylation sites (tertiary alicyclic amines) is 1. The van der Waals surface area contributed by atoms with Gasteiger partial charge in [-0.25, -0.2) is 9.59 Å². The second kappa shape index (κ2) is 8.89. The number of furan rings is 1. The standard InChI is InChI=1S/C19H27N3O4/c1-2-25-18(23)16-14(13-22-10-6-4-3-5-7-11-22)20-19(24)21-17(16)15-9-8-12-26-15/h8-9,12,17H,2-7,10-11,13H2,1H3,(H2,20,21,24)/t17-/m1/s1. The first-order valence-electron chi connectivity index (χ1n) is 9.42. The number of hydrogen-bond donors (Lipinski definition) is 2. The fourth-order valence-corrected chi connectivity index (χ4v) is 3.56. The number of esters is 1. The molecule has 1 fully saturated rings. The minimum absolute atomic E-state index is 0.276. The molecule has 0 saturated carbocycles. The zero-order chi connectivity index (χ0) is 18.4. The molecule has 2 amide bonds. The first kappa shape index (κ1) is 18.5. The number of nitrogens with zero attached hydrogens (tertiary/aromatic N) is 1. The van der Waals surface area contributed by atoms with Crippen molar-refractivity contribution in [1.29, 1.82) is 0 Å². The number of ether oxygens (including phenoxy) is 1. The van der Waals surface area contributed by atoms with E-state index in [1.807, 2.05) is 0 Å². The molecule has 0 aromatic carbocycles. The third-order valence-electron chi connectivity index (χ3n) is 4.81. The topological polar surface area (TPSA) is 83.8 Å². The molecule has 3 rings (SSSR count). The second-order valence-electron chi connectivity index (χ2n) is 6.70. The molecule has 2 aliphatic heterocycles. The van der Waals surface area contributed by atoms with Gasteiger partial charge in [0.05, 0.1) is 18.4 Å². The smallest absolute Gasteiger partial charge is 0.338 e. The summed E-state index contributed by atoms with van der Waals surface area (Å²) in [4.78, 5) is 27.2. The molecule has 1 saturated heterocycles. The van der Waals surface area contributed by atoms with Crippen molar-refractivity contribution in [2.45, 2.75) is 45.1 Å². The van der Waals surface area contributed by atoms with Gasteiger partial charge in [0.25, 0.3) is 0 Å². The minimum atomic E-state index is -0.637. The molecule has 0 unspecified atom stereocenters. The molecule has 1 aromatic rings. The number of hydrogen-bond acceptors (Lipinski definition) is 5. The van der Waals surface area contributed by atoms with Crippen molar-refractivity contribution in [3.63, 3.8) is 0 Å². The van der Waals surface area contributed by atoms with E-state index < -0.39 is 12.0 Å². The largest absolute Gasteiger partial charge is 0.467 e. The van der Waals surface area contributed by atoms with E-state index in [0.29, 0.717) is 23.6 Å². The molecule has 2 N–H and O–H groups in total. The molecule has 26 heavy (non-hydrogen) atoms. The van der Waals surface area contributed by atoms with Crippen LogP contribution in [0.5, 0.6) is 0 Å². The Morgan fingerprint density at radius 3 is 2.65 bits per heavy atom. The Morgan fingerprint density at radius 2 is 2.00 bits per heavy atom. The van der Waals surface area contributed by atoms with Gasteiger partial charge in [-0.2, -0.15) is 0 Å². The highest BCUT2D eigenvalue weighted by atomic mass is 16.5. The highest BCUT2D eigenvalue weighted by Gasteiger charge is 2.35. The van der Waals surface area contributed by atoms with Crippen LogP contribution in [0, 0.1) is 0 Å². The molecular weight excluding hydrogens is 334 g/mol. The minimum Gasteiger partial charge on any atom is -0.467 e. The fourth-order valence-electron chi connectivity index (χ4n) is 3.56. The van der Waals surface area contributed by atoms with Gasteiger partial charge in [0.15, 0.2) is 0 Å². The third kappa shape index (κ3) is 4.46. The summed E-state index contributed by atoms with van der Waals surface area (Å²) in [5.41, 5.74) is 1.03. The summed E-state index contributed by atoms with van der Waals surface area (Å²) in [6, 6.07) is 2.53. The first-order chi connectivity index (χ1) is 12.7. The van der Waals surface area contributed by atoms with Crippen LogP contribution >= 0.6 is 0 Å². The average Bonchev–Trinajstić information content (AvgIpc) is 3.11. The van der Waals surface area contributed by atoms with Gasteiger partial charge in [0.2, 0.25) is 0 Å². The number of rotatable bonds is 5. The molecule has 1 atom stereocenters. The number of carbonyl (C=O) groups excluding carboxylic acids is 2. The molecule has 1 aromatic heterocycles. The number of carbonyl (C=O) groups is 2. The van der Waals surface area contributed by atoms with E-state index in [1.165, 1.54) is 25.5 Å². The molecule has 0 spiro atoms. The van der Waals surface area contributed by atoms with Crippen LogP contribution < -0.4 is 10.6 Å². The molecule has 0 bridgehead atoms. The summed E-state index contributed by atoms with van der Waals surface area (Å²) >= 11 is 0. The van der Waals surface area contributed by atoms with Crippen LogP contribution in [0.15, 0.2) is 34.1 Å². The highest BCUT2D eigenvalue weighted by Crippen LogP contribution is 2.28. The van der Waals surface area contributed by atoms with Gasteiger partial charge in [-0.3, -0.25) is 4.90 Å². The van der Waals surface area contributed by atoms with Crippen LogP contribution in [0.3, 0.4) is 0 Å². The van der Waals surface area contributed by atoms with Crippen LogP contribution in [-0.4, -0.2) is 43.1 Å². The maximum atomic E-state index is 12.7.